The molecule has 1 aliphatic rings. The van der Waals surface area contributed by atoms with Crippen LogP contribution in [0, 0.1) is 0 Å². The number of benzene rings is 1. The zero-order chi connectivity index (χ0) is 12.3. The van der Waals surface area contributed by atoms with Gasteiger partial charge in [-0.15, -0.1) is 0 Å². The Kier molecular flexibility index (Phi) is 3.34. The smallest absolute Gasteiger partial charge is 0.409 e. The molecular weight excluding hydrogens is 222 g/mol. The Morgan fingerprint density at radius 1 is 1.59 bits per heavy atom. The van der Waals surface area contributed by atoms with E-state index in [0.29, 0.717) is 23.7 Å². The van der Waals surface area contributed by atoms with Crippen LogP contribution in [-0.2, 0) is 4.74 Å². The summed E-state index contributed by atoms with van der Waals surface area (Å²) in [5, 5.41) is 3.15. The number of nitrogen functional groups attached to an aromatic ring is 1. The highest BCUT2D eigenvalue weighted by molar-refractivity contribution is 5.72. The molecule has 0 radical (unpaired) electrons. The van der Waals surface area contributed by atoms with Crippen molar-refractivity contribution in [1.82, 2.24) is 0 Å². The minimum atomic E-state index is -0.844. The molecule has 0 bridgehead atoms. The molecule has 0 aliphatic carbocycles. The Morgan fingerprint density at radius 2 is 2.35 bits per heavy atom. The van der Waals surface area contributed by atoms with E-state index in [1.807, 2.05) is 0 Å². The summed E-state index contributed by atoms with van der Waals surface area (Å²) >= 11 is 0. The van der Waals surface area contributed by atoms with Crippen LogP contribution in [0.5, 0.6) is 5.75 Å². The maximum Gasteiger partial charge on any atom is 0.409 e. The number of carbonyl (C=O) groups excluding carboxylic acids is 1. The monoisotopic (exact) mass is 237 g/mol. The minimum Gasteiger partial charge on any atom is -0.410 e. The molecule has 6 heteroatoms. The van der Waals surface area contributed by atoms with Crippen LogP contribution in [0.4, 0.5) is 16.2 Å². The van der Waals surface area contributed by atoms with E-state index in [1.54, 1.807) is 18.2 Å². The molecule has 0 spiro atoms. The average Bonchev–Trinajstić information content (AvgIpc) is 2.19. The van der Waals surface area contributed by atoms with Gasteiger partial charge in [-0.2, -0.15) is 0 Å². The van der Waals surface area contributed by atoms with Gasteiger partial charge in [-0.05, 0) is 18.6 Å². The Labute approximate surface area is 98.9 Å². The Balaban J connectivity index is 2.00. The Hall–Kier alpha value is -1.95. The average molecular weight is 237 g/mol. The second-order valence-electron chi connectivity index (χ2n) is 3.83. The van der Waals surface area contributed by atoms with Crippen LogP contribution >= 0.6 is 0 Å². The number of anilines is 2. The van der Waals surface area contributed by atoms with Gasteiger partial charge < -0.3 is 26.3 Å². The van der Waals surface area contributed by atoms with Gasteiger partial charge in [0.05, 0.1) is 17.5 Å². The number of ether oxygens (including phenoxy) is 2. The van der Waals surface area contributed by atoms with Gasteiger partial charge >= 0.3 is 6.09 Å². The Bertz CT molecular complexity index is 418. The number of hydrogen-bond donors (Lipinski definition) is 3. The lowest BCUT2D eigenvalue weighted by atomic mass is 10.2. The van der Waals surface area contributed by atoms with Gasteiger partial charge in [0.15, 0.2) is 0 Å². The van der Waals surface area contributed by atoms with E-state index >= 15 is 0 Å². The van der Waals surface area contributed by atoms with Crippen LogP contribution in [0.3, 0.4) is 0 Å². The zero-order valence-corrected chi connectivity index (χ0v) is 9.31. The first-order valence-electron chi connectivity index (χ1n) is 5.37. The fraction of sp³-hybridized carbons (Fsp3) is 0.364. The van der Waals surface area contributed by atoms with E-state index in [4.69, 9.17) is 20.9 Å². The third kappa shape index (κ3) is 3.01. The molecule has 1 aromatic carbocycles. The molecule has 1 aliphatic heterocycles. The van der Waals surface area contributed by atoms with Crippen molar-refractivity contribution < 1.29 is 14.3 Å². The summed E-state index contributed by atoms with van der Waals surface area (Å²) in [6, 6.07) is 4.88. The molecule has 92 valence electrons. The van der Waals surface area contributed by atoms with Gasteiger partial charge in [-0.25, -0.2) is 4.79 Å². The summed E-state index contributed by atoms with van der Waals surface area (Å²) < 4.78 is 10.0. The fourth-order valence-corrected chi connectivity index (χ4v) is 1.54. The van der Waals surface area contributed by atoms with Crippen molar-refractivity contribution in [3.05, 3.63) is 18.2 Å². The molecule has 1 heterocycles. The van der Waals surface area contributed by atoms with E-state index < -0.39 is 6.09 Å². The van der Waals surface area contributed by atoms with Gasteiger partial charge in [0, 0.05) is 19.2 Å². The number of amides is 1. The van der Waals surface area contributed by atoms with Gasteiger partial charge in [0.2, 0.25) is 0 Å². The lowest BCUT2D eigenvalue weighted by Crippen LogP contribution is -2.33. The van der Waals surface area contributed by atoms with Crippen molar-refractivity contribution >= 4 is 17.5 Å². The van der Waals surface area contributed by atoms with Crippen LogP contribution in [0.1, 0.15) is 6.42 Å². The van der Waals surface area contributed by atoms with Gasteiger partial charge in [-0.3, -0.25) is 0 Å². The van der Waals surface area contributed by atoms with E-state index in [2.05, 4.69) is 5.32 Å². The van der Waals surface area contributed by atoms with E-state index in [1.165, 1.54) is 0 Å². The number of carbonyl (C=O) groups is 1. The molecule has 17 heavy (non-hydrogen) atoms. The standard InChI is InChI=1S/C11H15N3O3/c12-9-2-1-7(17-11(13)15)5-10(9)14-6-8-3-4-16-8/h1-2,5,8,14H,3-4,6,12H2,(H2,13,15)/t8-/m0/s1. The zero-order valence-electron chi connectivity index (χ0n) is 9.31. The lowest BCUT2D eigenvalue weighted by Gasteiger charge is -2.27. The highest BCUT2D eigenvalue weighted by Crippen LogP contribution is 2.25. The third-order valence-corrected chi connectivity index (χ3v) is 2.56. The molecule has 2 rings (SSSR count). The molecular formula is C11H15N3O3. The maximum absolute atomic E-state index is 10.6. The Morgan fingerprint density at radius 3 is 2.94 bits per heavy atom. The molecule has 1 atom stereocenters. The quantitative estimate of drug-likeness (QED) is 0.676. The summed E-state index contributed by atoms with van der Waals surface area (Å²) in [5.74, 6) is 0.365. The lowest BCUT2D eigenvalue weighted by molar-refractivity contribution is -0.0410. The first kappa shape index (κ1) is 11.5. The number of hydrogen-bond acceptors (Lipinski definition) is 5. The molecule has 1 amide bonds. The topological polar surface area (TPSA) is 99.6 Å². The van der Waals surface area contributed by atoms with Crippen LogP contribution in [0.15, 0.2) is 18.2 Å². The summed E-state index contributed by atoms with van der Waals surface area (Å²) in [6.45, 7) is 1.50. The van der Waals surface area contributed by atoms with Crippen molar-refractivity contribution in [2.24, 2.45) is 5.73 Å². The first-order valence-corrected chi connectivity index (χ1v) is 5.37. The second-order valence-corrected chi connectivity index (χ2v) is 3.83. The number of nitrogens with one attached hydrogen (secondary N) is 1. The number of primary amides is 1. The summed E-state index contributed by atoms with van der Waals surface area (Å²) in [5.41, 5.74) is 12.0. The van der Waals surface area contributed by atoms with Crippen LogP contribution < -0.4 is 21.5 Å². The molecule has 1 aromatic rings. The van der Waals surface area contributed by atoms with Gasteiger partial charge in [0.1, 0.15) is 5.75 Å². The van der Waals surface area contributed by atoms with Crippen molar-refractivity contribution in [2.75, 3.05) is 24.2 Å². The van der Waals surface area contributed by atoms with E-state index in [-0.39, 0.29) is 6.10 Å². The van der Waals surface area contributed by atoms with Crippen molar-refractivity contribution in [2.45, 2.75) is 12.5 Å². The summed E-state index contributed by atoms with van der Waals surface area (Å²) in [4.78, 5) is 10.6. The van der Waals surface area contributed by atoms with Gasteiger partial charge in [0.25, 0.3) is 0 Å². The maximum atomic E-state index is 10.6. The number of nitrogens with two attached hydrogens (primary N) is 2. The highest BCUT2D eigenvalue weighted by Gasteiger charge is 2.17. The molecule has 1 fully saturated rings. The minimum absolute atomic E-state index is 0.232. The third-order valence-electron chi connectivity index (χ3n) is 2.56. The van der Waals surface area contributed by atoms with Crippen molar-refractivity contribution in [3.63, 3.8) is 0 Å². The first-order chi connectivity index (χ1) is 8.15. The summed E-state index contributed by atoms with van der Waals surface area (Å²) in [6.07, 6.45) is 0.433. The SMILES string of the molecule is NC(=O)Oc1ccc(N)c(NC[C@@H]2CCO2)c1. The predicted octanol–water partition coefficient (Wildman–Crippen LogP) is 0.927. The largest absolute Gasteiger partial charge is 0.410 e. The molecule has 0 unspecified atom stereocenters. The molecule has 6 nitrogen and oxygen atoms in total. The van der Waals surface area contributed by atoms with Crippen molar-refractivity contribution in [3.8, 4) is 5.75 Å². The van der Waals surface area contributed by atoms with Crippen LogP contribution in [0.2, 0.25) is 0 Å². The molecule has 0 saturated carbocycles. The molecule has 5 N–H and O–H groups in total. The van der Waals surface area contributed by atoms with Crippen LogP contribution in [-0.4, -0.2) is 25.3 Å². The second kappa shape index (κ2) is 4.92. The number of rotatable bonds is 4. The van der Waals surface area contributed by atoms with E-state index in [9.17, 15) is 4.79 Å². The van der Waals surface area contributed by atoms with Crippen LogP contribution in [0.25, 0.3) is 0 Å². The molecule has 0 aromatic heterocycles. The van der Waals surface area contributed by atoms with E-state index in [0.717, 1.165) is 13.0 Å². The fourth-order valence-electron chi connectivity index (χ4n) is 1.54. The van der Waals surface area contributed by atoms with Crippen molar-refractivity contribution in [1.29, 1.82) is 0 Å². The normalized spacial score (nSPS) is 18.2. The highest BCUT2D eigenvalue weighted by atomic mass is 16.5. The molecule has 1 saturated heterocycles. The van der Waals surface area contributed by atoms with Gasteiger partial charge in [-0.1, -0.05) is 0 Å². The predicted molar refractivity (Wildman–Crippen MR) is 63.9 cm³/mol. The summed E-state index contributed by atoms with van der Waals surface area (Å²) in [7, 11) is 0.